The summed E-state index contributed by atoms with van der Waals surface area (Å²) in [5.41, 5.74) is 2.85. The van der Waals surface area contributed by atoms with Gasteiger partial charge >= 0.3 is 0 Å². The first-order valence-electron chi connectivity index (χ1n) is 5.89. The number of hydrazine groups is 1. The van der Waals surface area contributed by atoms with Crippen LogP contribution in [0.5, 0.6) is 0 Å². The second-order valence-corrected chi connectivity index (χ2v) is 4.77. The van der Waals surface area contributed by atoms with Crippen molar-refractivity contribution in [1.82, 2.24) is 10.3 Å². The zero-order valence-corrected chi connectivity index (χ0v) is 9.99. The number of nitrogens with two attached hydrogens (primary N) is 1. The summed E-state index contributed by atoms with van der Waals surface area (Å²) in [4.78, 5) is 16.2. The van der Waals surface area contributed by atoms with E-state index in [0.29, 0.717) is 11.4 Å². The maximum absolute atomic E-state index is 12.1. The van der Waals surface area contributed by atoms with Crippen LogP contribution in [-0.2, 0) is 0 Å². The van der Waals surface area contributed by atoms with Crippen molar-refractivity contribution in [2.45, 2.75) is 38.1 Å². The van der Waals surface area contributed by atoms with Crippen LogP contribution in [0.25, 0.3) is 0 Å². The molecule has 0 unspecified atom stereocenters. The lowest BCUT2D eigenvalue weighted by molar-refractivity contribution is 0.0908. The molecule has 5 heteroatoms. The number of pyridine rings is 1. The molecule has 0 aliphatic heterocycles. The van der Waals surface area contributed by atoms with Gasteiger partial charge in [-0.1, -0.05) is 12.8 Å². The first-order chi connectivity index (χ1) is 8.14. The summed E-state index contributed by atoms with van der Waals surface area (Å²) in [6, 6.07) is 3.45. The Kier molecular flexibility index (Phi) is 3.28. The van der Waals surface area contributed by atoms with E-state index in [1.165, 1.54) is 12.8 Å². The smallest absolute Gasteiger partial charge is 0.255 e. The molecule has 92 valence electrons. The molecule has 0 aromatic carbocycles. The molecule has 0 bridgehead atoms. The third kappa shape index (κ3) is 2.55. The fourth-order valence-electron chi connectivity index (χ4n) is 2.33. The van der Waals surface area contributed by atoms with Crippen LogP contribution in [0.3, 0.4) is 0 Å². The Bertz CT molecular complexity index is 413. The number of hydrogen-bond acceptors (Lipinski definition) is 4. The zero-order chi connectivity index (χ0) is 12.3. The highest BCUT2D eigenvalue weighted by atomic mass is 16.1. The van der Waals surface area contributed by atoms with Gasteiger partial charge in [-0.15, -0.1) is 0 Å². The van der Waals surface area contributed by atoms with E-state index >= 15 is 0 Å². The average Bonchev–Trinajstić information content (AvgIpc) is 2.75. The van der Waals surface area contributed by atoms with Gasteiger partial charge in [0.1, 0.15) is 0 Å². The van der Waals surface area contributed by atoms with E-state index in [2.05, 4.69) is 22.7 Å². The minimum absolute atomic E-state index is 0.0845. The first kappa shape index (κ1) is 11.9. The van der Waals surface area contributed by atoms with Gasteiger partial charge in [0.2, 0.25) is 0 Å². The minimum Gasteiger partial charge on any atom is -0.347 e. The Labute approximate surface area is 101 Å². The average molecular weight is 234 g/mol. The number of aromatic nitrogens is 1. The van der Waals surface area contributed by atoms with Crippen molar-refractivity contribution in [3.8, 4) is 0 Å². The first-order valence-corrected chi connectivity index (χ1v) is 5.89. The van der Waals surface area contributed by atoms with Crippen LogP contribution in [0.15, 0.2) is 18.3 Å². The number of nitrogens with one attached hydrogen (secondary N) is 2. The lowest BCUT2D eigenvalue weighted by Gasteiger charge is -2.25. The van der Waals surface area contributed by atoms with Crippen LogP contribution >= 0.6 is 0 Å². The highest BCUT2D eigenvalue weighted by molar-refractivity contribution is 5.99. The summed E-state index contributed by atoms with van der Waals surface area (Å²) in [5, 5.41) is 3.07. The number of nitrogens with zero attached hydrogens (tertiary/aromatic N) is 1. The molecule has 1 aromatic heterocycles. The van der Waals surface area contributed by atoms with E-state index in [0.717, 1.165) is 12.8 Å². The normalized spacial score (nSPS) is 17.8. The van der Waals surface area contributed by atoms with Crippen molar-refractivity contribution in [3.63, 3.8) is 0 Å². The quantitative estimate of drug-likeness (QED) is 0.546. The molecule has 5 nitrogen and oxygen atoms in total. The number of nitrogen functional groups attached to an aromatic ring is 1. The molecule has 0 radical (unpaired) electrons. The van der Waals surface area contributed by atoms with Crippen molar-refractivity contribution in [2.75, 3.05) is 5.43 Å². The molecule has 1 aromatic rings. The van der Waals surface area contributed by atoms with Gasteiger partial charge in [-0.2, -0.15) is 0 Å². The summed E-state index contributed by atoms with van der Waals surface area (Å²) >= 11 is 0. The largest absolute Gasteiger partial charge is 0.347 e. The lowest BCUT2D eigenvalue weighted by Crippen LogP contribution is -2.43. The number of rotatable bonds is 3. The minimum atomic E-state index is -0.115. The molecular formula is C12H18N4O. The molecule has 1 amide bonds. The van der Waals surface area contributed by atoms with E-state index in [4.69, 9.17) is 5.84 Å². The third-order valence-corrected chi connectivity index (χ3v) is 3.31. The van der Waals surface area contributed by atoms with Gasteiger partial charge in [0.25, 0.3) is 5.91 Å². The second-order valence-electron chi connectivity index (χ2n) is 4.77. The lowest BCUT2D eigenvalue weighted by atomic mass is 10.00. The Morgan fingerprint density at radius 2 is 2.18 bits per heavy atom. The monoisotopic (exact) mass is 234 g/mol. The van der Waals surface area contributed by atoms with Crippen LogP contribution in [0.2, 0.25) is 0 Å². The van der Waals surface area contributed by atoms with Crippen LogP contribution in [-0.4, -0.2) is 16.4 Å². The Morgan fingerprint density at radius 3 is 2.82 bits per heavy atom. The molecule has 0 saturated heterocycles. The van der Waals surface area contributed by atoms with Crippen molar-refractivity contribution in [2.24, 2.45) is 5.84 Å². The van der Waals surface area contributed by atoms with E-state index in [-0.39, 0.29) is 11.4 Å². The molecule has 4 N–H and O–H groups in total. The summed E-state index contributed by atoms with van der Waals surface area (Å²) in [7, 11) is 0. The van der Waals surface area contributed by atoms with Crippen molar-refractivity contribution in [3.05, 3.63) is 23.9 Å². The van der Waals surface area contributed by atoms with Crippen LogP contribution in [0, 0.1) is 0 Å². The SMILES string of the molecule is CC1(NC(=O)c2cccnc2NN)CCCC1. The molecule has 1 aliphatic rings. The van der Waals surface area contributed by atoms with Crippen molar-refractivity contribution >= 4 is 11.7 Å². The Balaban J connectivity index is 2.14. The van der Waals surface area contributed by atoms with Gasteiger partial charge < -0.3 is 10.7 Å². The van der Waals surface area contributed by atoms with E-state index in [1.54, 1.807) is 18.3 Å². The third-order valence-electron chi connectivity index (χ3n) is 3.31. The van der Waals surface area contributed by atoms with Gasteiger partial charge in [-0.25, -0.2) is 10.8 Å². The molecule has 1 fully saturated rings. The van der Waals surface area contributed by atoms with Crippen LogP contribution in [0.1, 0.15) is 43.0 Å². The van der Waals surface area contributed by atoms with Crippen LogP contribution in [0.4, 0.5) is 5.82 Å². The summed E-state index contributed by atoms with van der Waals surface area (Å²) in [5.74, 6) is 5.63. The van der Waals surface area contributed by atoms with Gasteiger partial charge in [0, 0.05) is 11.7 Å². The van der Waals surface area contributed by atoms with Crippen molar-refractivity contribution < 1.29 is 4.79 Å². The molecule has 17 heavy (non-hydrogen) atoms. The second kappa shape index (κ2) is 4.71. The van der Waals surface area contributed by atoms with Gasteiger partial charge in [0.15, 0.2) is 5.82 Å². The Morgan fingerprint density at radius 1 is 1.47 bits per heavy atom. The zero-order valence-electron chi connectivity index (χ0n) is 9.99. The van der Waals surface area contributed by atoms with E-state index < -0.39 is 0 Å². The van der Waals surface area contributed by atoms with Gasteiger partial charge in [0.05, 0.1) is 5.56 Å². The fraction of sp³-hybridized carbons (Fsp3) is 0.500. The standard InChI is InChI=1S/C12H18N4O/c1-12(6-2-3-7-12)15-11(17)9-5-4-8-14-10(9)16-13/h4-5,8H,2-3,6-7,13H2,1H3,(H,14,16)(H,15,17). The van der Waals surface area contributed by atoms with E-state index in [1.807, 2.05) is 0 Å². The number of carbonyl (C=O) groups is 1. The topological polar surface area (TPSA) is 80.0 Å². The molecular weight excluding hydrogens is 216 g/mol. The predicted molar refractivity (Wildman–Crippen MR) is 66.4 cm³/mol. The fourth-order valence-corrected chi connectivity index (χ4v) is 2.33. The Hall–Kier alpha value is -1.62. The highest BCUT2D eigenvalue weighted by Crippen LogP contribution is 2.29. The maximum Gasteiger partial charge on any atom is 0.255 e. The molecule has 0 atom stereocenters. The van der Waals surface area contributed by atoms with Crippen LogP contribution < -0.4 is 16.6 Å². The molecule has 0 spiro atoms. The maximum atomic E-state index is 12.1. The molecule has 1 saturated carbocycles. The summed E-state index contributed by atoms with van der Waals surface area (Å²) < 4.78 is 0. The number of amides is 1. The van der Waals surface area contributed by atoms with Gasteiger partial charge in [-0.05, 0) is 31.9 Å². The molecule has 2 rings (SSSR count). The molecule has 1 heterocycles. The summed E-state index contributed by atoms with van der Waals surface area (Å²) in [6.07, 6.45) is 6.01. The molecule has 1 aliphatic carbocycles. The van der Waals surface area contributed by atoms with Crippen molar-refractivity contribution in [1.29, 1.82) is 0 Å². The van der Waals surface area contributed by atoms with Gasteiger partial charge in [-0.3, -0.25) is 4.79 Å². The number of hydrogen-bond donors (Lipinski definition) is 3. The predicted octanol–water partition coefficient (Wildman–Crippen LogP) is 1.43. The number of anilines is 1. The summed E-state index contributed by atoms with van der Waals surface area (Å²) in [6.45, 7) is 2.09. The highest BCUT2D eigenvalue weighted by Gasteiger charge is 2.30. The number of carbonyl (C=O) groups excluding carboxylic acids is 1. The van der Waals surface area contributed by atoms with E-state index in [9.17, 15) is 4.79 Å².